The van der Waals surface area contributed by atoms with E-state index in [0.29, 0.717) is 35.1 Å². The van der Waals surface area contributed by atoms with Crippen LogP contribution in [-0.4, -0.2) is 48.5 Å². The zero-order valence-corrected chi connectivity index (χ0v) is 29.2. The first-order valence-electron chi connectivity index (χ1n) is 16.4. The van der Waals surface area contributed by atoms with Gasteiger partial charge in [0, 0.05) is 52.5 Å². The number of aromatic nitrogens is 4. The van der Waals surface area contributed by atoms with Crippen LogP contribution in [0.2, 0.25) is 0 Å². The molecule has 1 fully saturated rings. The Kier molecular flexibility index (Phi) is 8.70. The van der Waals surface area contributed by atoms with Crippen molar-refractivity contribution in [3.63, 3.8) is 0 Å². The lowest BCUT2D eigenvalue weighted by Gasteiger charge is -2.34. The maximum atomic E-state index is 14.3. The van der Waals surface area contributed by atoms with E-state index in [-0.39, 0.29) is 48.4 Å². The molecule has 0 spiro atoms. The third kappa shape index (κ3) is 6.55. The van der Waals surface area contributed by atoms with Gasteiger partial charge in [-0.3, -0.25) is 18.7 Å². The zero-order valence-electron chi connectivity index (χ0n) is 27.6. The van der Waals surface area contributed by atoms with Gasteiger partial charge in [0.1, 0.15) is 11.4 Å². The van der Waals surface area contributed by atoms with E-state index in [9.17, 15) is 14.4 Å². The molecule has 11 heteroatoms. The molecule has 250 valence electrons. The average Bonchev–Trinajstić information content (AvgIpc) is 3.80. The van der Waals surface area contributed by atoms with Crippen LogP contribution >= 0.6 is 15.9 Å². The summed E-state index contributed by atoms with van der Waals surface area (Å²) in [7, 11) is 0. The molecule has 3 heterocycles. The maximum Gasteiger partial charge on any atom is 0.333 e. The Balaban J connectivity index is 1.24. The summed E-state index contributed by atoms with van der Waals surface area (Å²) in [4.78, 5) is 52.8. The van der Waals surface area contributed by atoms with Crippen LogP contribution in [0.25, 0.3) is 17.1 Å². The Labute approximate surface area is 292 Å². The number of hydrogen-bond acceptors (Lipinski definition) is 6. The molecule has 7 rings (SSSR count). The molecule has 49 heavy (non-hydrogen) atoms. The number of carbonyl (C=O) groups excluding carboxylic acids is 2. The summed E-state index contributed by atoms with van der Waals surface area (Å²) in [5.74, 6) is 0.659. The van der Waals surface area contributed by atoms with Gasteiger partial charge in [-0.25, -0.2) is 14.8 Å². The van der Waals surface area contributed by atoms with Crippen LogP contribution in [0.3, 0.4) is 0 Å². The number of nitrogens with one attached hydrogen (secondary N) is 1. The summed E-state index contributed by atoms with van der Waals surface area (Å²) < 4.78 is 10.0. The summed E-state index contributed by atoms with van der Waals surface area (Å²) in [6.45, 7) is 7.21. The summed E-state index contributed by atoms with van der Waals surface area (Å²) in [6, 6.07) is 21.8. The van der Waals surface area contributed by atoms with Gasteiger partial charge in [-0.2, -0.15) is 0 Å². The van der Waals surface area contributed by atoms with Gasteiger partial charge in [0.15, 0.2) is 5.82 Å². The van der Waals surface area contributed by atoms with E-state index in [2.05, 4.69) is 38.1 Å². The second kappa shape index (κ2) is 13.1. The number of fused-ring (bicyclic) bond motifs is 1. The SMILES string of the molecule is Cc1cc(C(=O)N2Cc3c(C(=O)NCc4ccccc4-c4ncccn4)n(-c4ccc(OCC5(C)CC5)cc4)c(=O)n3C[C@@H]2C)ccc1Br. The van der Waals surface area contributed by atoms with E-state index in [1.165, 1.54) is 4.57 Å². The molecule has 0 unspecified atom stereocenters. The highest BCUT2D eigenvalue weighted by Crippen LogP contribution is 2.45. The Bertz CT molecular complexity index is 2100. The normalized spacial score (nSPS) is 16.2. The quantitative estimate of drug-likeness (QED) is 0.191. The van der Waals surface area contributed by atoms with Gasteiger partial charge in [0.05, 0.1) is 24.5 Å². The van der Waals surface area contributed by atoms with Crippen LogP contribution in [0.5, 0.6) is 5.75 Å². The van der Waals surface area contributed by atoms with Crippen LogP contribution in [-0.2, 0) is 19.6 Å². The van der Waals surface area contributed by atoms with E-state index in [4.69, 9.17) is 4.74 Å². The Morgan fingerprint density at radius 3 is 2.47 bits per heavy atom. The summed E-state index contributed by atoms with van der Waals surface area (Å²) >= 11 is 3.51. The lowest BCUT2D eigenvalue weighted by Crippen LogP contribution is -2.47. The Hall–Kier alpha value is -5.03. The molecule has 0 saturated heterocycles. The van der Waals surface area contributed by atoms with Crippen molar-refractivity contribution in [2.75, 3.05) is 6.61 Å². The van der Waals surface area contributed by atoms with Crippen LogP contribution in [0.15, 0.2) is 94.5 Å². The average molecular weight is 722 g/mol. The molecular weight excluding hydrogens is 684 g/mol. The molecule has 5 aromatic rings. The molecule has 0 radical (unpaired) electrons. The van der Waals surface area contributed by atoms with Gasteiger partial charge < -0.3 is 15.0 Å². The molecule has 2 amide bonds. The smallest absolute Gasteiger partial charge is 0.333 e. The van der Waals surface area contributed by atoms with E-state index >= 15 is 0 Å². The summed E-state index contributed by atoms with van der Waals surface area (Å²) in [5, 5.41) is 3.05. The predicted octanol–water partition coefficient (Wildman–Crippen LogP) is 6.32. The first-order valence-corrected chi connectivity index (χ1v) is 17.2. The third-order valence-electron chi connectivity index (χ3n) is 9.47. The van der Waals surface area contributed by atoms with Gasteiger partial charge in [-0.1, -0.05) is 47.1 Å². The van der Waals surface area contributed by atoms with Gasteiger partial charge >= 0.3 is 5.69 Å². The number of hydrogen-bond donors (Lipinski definition) is 1. The number of aryl methyl sites for hydroxylation is 1. The van der Waals surface area contributed by atoms with E-state index in [1.807, 2.05) is 62.4 Å². The molecule has 1 atom stereocenters. The van der Waals surface area contributed by atoms with Crippen molar-refractivity contribution in [3.05, 3.63) is 128 Å². The monoisotopic (exact) mass is 720 g/mol. The summed E-state index contributed by atoms with van der Waals surface area (Å²) in [5.41, 5.74) is 4.20. The van der Waals surface area contributed by atoms with Crippen LogP contribution in [0.1, 0.15) is 64.4 Å². The van der Waals surface area contributed by atoms with E-state index in [1.54, 1.807) is 46.1 Å². The molecule has 0 bridgehead atoms. The third-order valence-corrected chi connectivity index (χ3v) is 10.4. The number of nitrogens with zero attached hydrogens (tertiary/aromatic N) is 5. The first-order chi connectivity index (χ1) is 23.6. The van der Waals surface area contributed by atoms with Gasteiger partial charge in [0.25, 0.3) is 11.8 Å². The molecule has 1 saturated carbocycles. The second-order valence-electron chi connectivity index (χ2n) is 13.3. The van der Waals surface area contributed by atoms with Crippen molar-refractivity contribution in [1.29, 1.82) is 0 Å². The molecular formula is C38H37BrN6O4. The molecule has 2 aromatic heterocycles. The summed E-state index contributed by atoms with van der Waals surface area (Å²) in [6.07, 6.45) is 5.65. The molecule has 10 nitrogen and oxygen atoms in total. The van der Waals surface area contributed by atoms with E-state index < -0.39 is 5.91 Å². The standard InChI is InChI=1S/C38H37BrN6O4/c1-24-19-26(9-14-31(24)39)36(47)43-22-32-33(35(46)42-20-27-7-4-5-8-30(27)34-40-17-6-18-41-34)45(37(48)44(32)21-25(43)2)28-10-12-29(13-11-28)49-23-38(3)15-16-38/h4-14,17-19,25H,15-16,20-23H2,1-3H3,(H,42,46)/t25-/m0/s1. The van der Waals surface area contributed by atoms with Crippen molar-refractivity contribution < 1.29 is 14.3 Å². The fourth-order valence-corrected chi connectivity index (χ4v) is 6.45. The molecule has 2 aliphatic rings. The molecule has 1 aliphatic carbocycles. The molecule has 1 aliphatic heterocycles. The number of ether oxygens (including phenoxy) is 1. The largest absolute Gasteiger partial charge is 0.493 e. The lowest BCUT2D eigenvalue weighted by atomic mass is 10.1. The Morgan fingerprint density at radius 2 is 1.76 bits per heavy atom. The minimum absolute atomic E-state index is 0.0916. The van der Waals surface area contributed by atoms with Crippen molar-refractivity contribution >= 4 is 27.7 Å². The van der Waals surface area contributed by atoms with Crippen LogP contribution < -0.4 is 15.7 Å². The fourth-order valence-electron chi connectivity index (χ4n) is 6.20. The van der Waals surface area contributed by atoms with Gasteiger partial charge in [-0.05, 0) is 86.3 Å². The molecule has 1 N–H and O–H groups in total. The molecule has 3 aromatic carbocycles. The number of carbonyl (C=O) groups is 2. The van der Waals surface area contributed by atoms with Crippen molar-refractivity contribution in [2.24, 2.45) is 5.41 Å². The van der Waals surface area contributed by atoms with Crippen molar-refractivity contribution in [1.82, 2.24) is 29.3 Å². The van der Waals surface area contributed by atoms with Crippen LogP contribution in [0, 0.1) is 12.3 Å². The predicted molar refractivity (Wildman–Crippen MR) is 190 cm³/mol. The fraction of sp³-hybridized carbons (Fsp3) is 0.289. The van der Waals surface area contributed by atoms with Gasteiger partial charge in [0.2, 0.25) is 0 Å². The first kappa shape index (κ1) is 32.5. The highest BCUT2D eigenvalue weighted by atomic mass is 79.9. The van der Waals surface area contributed by atoms with Crippen molar-refractivity contribution in [2.45, 2.75) is 59.3 Å². The lowest BCUT2D eigenvalue weighted by molar-refractivity contribution is 0.0610. The maximum absolute atomic E-state index is 14.3. The Morgan fingerprint density at radius 1 is 1.02 bits per heavy atom. The van der Waals surface area contributed by atoms with E-state index in [0.717, 1.165) is 34.0 Å². The van der Waals surface area contributed by atoms with Crippen molar-refractivity contribution in [3.8, 4) is 22.8 Å². The number of rotatable bonds is 9. The number of benzene rings is 3. The topological polar surface area (TPSA) is 111 Å². The zero-order chi connectivity index (χ0) is 34.3. The highest BCUT2D eigenvalue weighted by Gasteiger charge is 2.38. The van der Waals surface area contributed by atoms with Gasteiger partial charge in [-0.15, -0.1) is 0 Å². The second-order valence-corrected chi connectivity index (χ2v) is 14.1. The van der Waals surface area contributed by atoms with Crippen LogP contribution in [0.4, 0.5) is 0 Å². The minimum atomic E-state index is -0.432. The number of amides is 2. The number of halogens is 1. The number of imidazole rings is 1. The highest BCUT2D eigenvalue weighted by molar-refractivity contribution is 9.10. The minimum Gasteiger partial charge on any atom is -0.493 e.